The lowest BCUT2D eigenvalue weighted by Crippen LogP contribution is -2.45. The Morgan fingerprint density at radius 1 is 1.65 bits per heavy atom. The lowest BCUT2D eigenvalue weighted by molar-refractivity contribution is -0.0722. The van der Waals surface area contributed by atoms with Crippen LogP contribution in [-0.2, 0) is 4.74 Å². The normalized spacial score (nSPS) is 32.3. The molecule has 3 heterocycles. The van der Waals surface area contributed by atoms with Crippen molar-refractivity contribution >= 4 is 23.4 Å². The van der Waals surface area contributed by atoms with Gasteiger partial charge in [0.15, 0.2) is 16.5 Å². The molecule has 3 rings (SSSR count). The lowest BCUT2D eigenvalue weighted by atomic mass is 9.94. The molecular weight excluding hydrogens is 320 g/mol. The second-order valence-corrected chi connectivity index (χ2v) is 5.55. The number of nitrogens with zero attached hydrogens (tertiary/aromatic N) is 3. The zero-order valence-corrected chi connectivity index (χ0v) is 13.1. The summed E-state index contributed by atoms with van der Waals surface area (Å²) in [4.78, 5) is 11.2. The van der Waals surface area contributed by atoms with Gasteiger partial charge in [0.25, 0.3) is 0 Å². The second kappa shape index (κ2) is 5.67. The van der Waals surface area contributed by atoms with Crippen LogP contribution < -0.4 is 0 Å². The summed E-state index contributed by atoms with van der Waals surface area (Å²) in [5.41, 5.74) is -1.46. The smallest absolute Gasteiger partial charge is 0.199 e. The van der Waals surface area contributed by atoms with E-state index in [2.05, 4.69) is 26.8 Å². The molecule has 1 aliphatic rings. The van der Waals surface area contributed by atoms with E-state index in [0.717, 1.165) is 0 Å². The fourth-order valence-corrected chi connectivity index (χ4v) is 2.92. The summed E-state index contributed by atoms with van der Waals surface area (Å²) in [7, 11) is 0. The zero-order valence-electron chi connectivity index (χ0n) is 14.3. The molecule has 0 aliphatic carbocycles. The maximum absolute atomic E-state index is 10.9. The van der Waals surface area contributed by atoms with Crippen LogP contribution in [0.2, 0.25) is 0 Å². The third-order valence-electron chi connectivity index (χ3n) is 3.66. The fraction of sp³-hybridized carbons (Fsp3) is 0.500. The molecule has 2 aromatic heterocycles. The number of aryl methyl sites for hydroxylation is 1. The minimum atomic E-state index is -2.89. The van der Waals surface area contributed by atoms with E-state index in [4.69, 9.17) is 19.7 Å². The minimum absolute atomic E-state index is 0.239. The lowest BCUT2D eigenvalue weighted by Gasteiger charge is -2.26. The number of imidazole rings is 1. The number of aromatic nitrogens is 4. The van der Waals surface area contributed by atoms with Gasteiger partial charge in [0.2, 0.25) is 0 Å². The van der Waals surface area contributed by atoms with E-state index in [1.165, 1.54) is 17.8 Å². The van der Waals surface area contributed by atoms with E-state index < -0.39 is 30.6 Å². The standard InChI is InChI=1S/C14H16N4O4S/c1-3-4-14(21)10(20)8(5-19)22-13(14)18-6-15-9-11(18)16-7(2)17-12(9)23/h6,8,10,13,19-21H,5H2,1-2H3,(H,16,17,23)/t8-,10+,13-,14?/m1/s1/i5D2. The molecule has 1 unspecified atom stereocenters. The van der Waals surface area contributed by atoms with E-state index in [9.17, 15) is 15.3 Å². The second-order valence-electron chi connectivity index (χ2n) is 5.16. The molecule has 0 spiro atoms. The van der Waals surface area contributed by atoms with E-state index in [-0.39, 0.29) is 4.64 Å². The molecular formula is C14H16N4O4S. The first-order valence-electron chi connectivity index (χ1n) is 7.75. The molecule has 122 valence electrons. The first kappa shape index (κ1) is 13.6. The van der Waals surface area contributed by atoms with Crippen molar-refractivity contribution in [2.24, 2.45) is 0 Å². The van der Waals surface area contributed by atoms with Gasteiger partial charge in [0.1, 0.15) is 29.2 Å². The number of fused-ring (bicyclic) bond motifs is 1. The first-order valence-corrected chi connectivity index (χ1v) is 7.16. The largest absolute Gasteiger partial charge is 0.394 e. The first-order chi connectivity index (χ1) is 11.6. The highest BCUT2D eigenvalue weighted by Gasteiger charge is 2.55. The Bertz CT molecular complexity index is 944. The van der Waals surface area contributed by atoms with Crippen LogP contribution in [0, 0.1) is 23.4 Å². The number of aliphatic hydroxyl groups excluding tert-OH is 1. The third-order valence-corrected chi connectivity index (χ3v) is 3.94. The number of aromatic amines is 1. The van der Waals surface area contributed by atoms with E-state index in [1.54, 1.807) is 6.92 Å². The Kier molecular flexibility index (Phi) is 3.35. The number of hydrogen-bond acceptors (Lipinski definition) is 7. The molecule has 23 heavy (non-hydrogen) atoms. The third kappa shape index (κ3) is 2.36. The molecule has 1 fully saturated rings. The molecule has 8 nitrogen and oxygen atoms in total. The van der Waals surface area contributed by atoms with Crippen LogP contribution in [-0.4, -0.2) is 59.2 Å². The topological polar surface area (TPSA) is 116 Å². The molecule has 4 atom stereocenters. The summed E-state index contributed by atoms with van der Waals surface area (Å²) < 4.78 is 21.9. The zero-order chi connectivity index (χ0) is 18.6. The van der Waals surface area contributed by atoms with Gasteiger partial charge in [-0.2, -0.15) is 0 Å². The van der Waals surface area contributed by atoms with Gasteiger partial charge in [0, 0.05) is 0 Å². The van der Waals surface area contributed by atoms with Crippen molar-refractivity contribution in [1.29, 1.82) is 0 Å². The van der Waals surface area contributed by atoms with Gasteiger partial charge in [-0.3, -0.25) is 4.57 Å². The molecule has 0 saturated carbocycles. The summed E-state index contributed by atoms with van der Waals surface area (Å²) in [6.07, 6.45) is -3.53. The van der Waals surface area contributed by atoms with Crippen molar-refractivity contribution in [2.75, 3.05) is 6.56 Å². The van der Waals surface area contributed by atoms with Crippen LogP contribution in [0.4, 0.5) is 0 Å². The maximum atomic E-state index is 10.9. The highest BCUT2D eigenvalue weighted by molar-refractivity contribution is 7.71. The molecule has 1 aliphatic heterocycles. The molecule has 1 saturated heterocycles. The van der Waals surface area contributed by atoms with Crippen LogP contribution in [0.15, 0.2) is 6.33 Å². The number of ether oxygens (including phenoxy) is 1. The van der Waals surface area contributed by atoms with Crippen LogP contribution in [0.1, 0.15) is 21.7 Å². The highest BCUT2D eigenvalue weighted by atomic mass is 32.1. The Morgan fingerprint density at radius 3 is 3.04 bits per heavy atom. The van der Waals surface area contributed by atoms with Crippen LogP contribution >= 0.6 is 12.2 Å². The summed E-state index contributed by atoms with van der Waals surface area (Å²) in [5, 5.41) is 30.9. The van der Waals surface area contributed by atoms with E-state index in [1.807, 2.05) is 0 Å². The predicted octanol–water partition coefficient (Wildman–Crippen LogP) is -0.198. The van der Waals surface area contributed by atoms with Crippen molar-refractivity contribution in [3.8, 4) is 11.8 Å². The molecule has 0 radical (unpaired) electrons. The molecule has 9 heteroatoms. The van der Waals surface area contributed by atoms with Crippen LogP contribution in [0.25, 0.3) is 11.2 Å². The van der Waals surface area contributed by atoms with Crippen molar-refractivity contribution in [3.63, 3.8) is 0 Å². The van der Waals surface area contributed by atoms with E-state index in [0.29, 0.717) is 17.0 Å². The van der Waals surface area contributed by atoms with Crippen LogP contribution in [0.3, 0.4) is 0 Å². The predicted molar refractivity (Wildman–Crippen MR) is 82.9 cm³/mol. The highest BCUT2D eigenvalue weighted by Crippen LogP contribution is 2.39. The van der Waals surface area contributed by atoms with Gasteiger partial charge in [0.05, 0.1) is 15.6 Å². The average molecular weight is 338 g/mol. The quantitative estimate of drug-likeness (QED) is 0.443. The van der Waals surface area contributed by atoms with Gasteiger partial charge in [-0.15, -0.1) is 5.92 Å². The van der Waals surface area contributed by atoms with Gasteiger partial charge in [-0.25, -0.2) is 9.97 Å². The van der Waals surface area contributed by atoms with E-state index >= 15 is 0 Å². The number of H-pyrrole nitrogens is 1. The summed E-state index contributed by atoms with van der Waals surface area (Å²) >= 11 is 5.16. The van der Waals surface area contributed by atoms with Gasteiger partial charge < -0.3 is 25.0 Å². The number of nitrogens with one attached hydrogen (secondary N) is 1. The van der Waals surface area contributed by atoms with Crippen molar-refractivity contribution in [3.05, 3.63) is 16.8 Å². The molecule has 4 N–H and O–H groups in total. The summed E-state index contributed by atoms with van der Waals surface area (Å²) in [6.45, 7) is 0.249. The Labute approximate surface area is 139 Å². The Balaban J connectivity index is 2.21. The van der Waals surface area contributed by atoms with Crippen molar-refractivity contribution in [2.45, 2.75) is 37.9 Å². The van der Waals surface area contributed by atoms with Crippen LogP contribution in [0.5, 0.6) is 0 Å². The summed E-state index contributed by atoms with van der Waals surface area (Å²) in [6, 6.07) is 0. The SMILES string of the molecule is [2H]C([2H])(O)[C@H]1O[C@@H](n2cnc3c(=S)nc(C)[nH]c32)C(O)(C#CC)[C@H]1O. The number of rotatable bonds is 2. The number of aliphatic hydroxyl groups is 3. The molecule has 0 aromatic carbocycles. The summed E-state index contributed by atoms with van der Waals surface area (Å²) in [5.74, 6) is 5.45. The minimum Gasteiger partial charge on any atom is -0.394 e. The monoisotopic (exact) mass is 338 g/mol. The Hall–Kier alpha value is -1.83. The average Bonchev–Trinajstić information content (AvgIpc) is 3.00. The number of hydrogen-bond donors (Lipinski definition) is 4. The fourth-order valence-electron chi connectivity index (χ4n) is 2.63. The maximum Gasteiger partial charge on any atom is 0.199 e. The van der Waals surface area contributed by atoms with Crippen molar-refractivity contribution < 1.29 is 22.8 Å². The van der Waals surface area contributed by atoms with Gasteiger partial charge >= 0.3 is 0 Å². The van der Waals surface area contributed by atoms with Gasteiger partial charge in [-0.05, 0) is 13.8 Å². The molecule has 0 amide bonds. The Morgan fingerprint density at radius 2 is 2.39 bits per heavy atom. The van der Waals surface area contributed by atoms with Gasteiger partial charge in [-0.1, -0.05) is 18.1 Å². The molecule has 2 aromatic rings. The van der Waals surface area contributed by atoms with Crippen molar-refractivity contribution in [1.82, 2.24) is 19.5 Å². The molecule has 0 bridgehead atoms.